The zero-order chi connectivity index (χ0) is 16.7. The van der Waals surface area contributed by atoms with Crippen LogP contribution < -0.4 is 14.4 Å². The number of hydrogen-bond donors (Lipinski definition) is 0. The van der Waals surface area contributed by atoms with Crippen molar-refractivity contribution in [3.63, 3.8) is 0 Å². The summed E-state index contributed by atoms with van der Waals surface area (Å²) < 4.78 is 25.0. The van der Waals surface area contributed by atoms with Crippen LogP contribution in [-0.4, -0.2) is 25.7 Å². The molecule has 0 spiro atoms. The van der Waals surface area contributed by atoms with E-state index in [-0.39, 0.29) is 5.82 Å². The summed E-state index contributed by atoms with van der Waals surface area (Å²) >= 11 is 1.53. The van der Waals surface area contributed by atoms with Gasteiger partial charge in [-0.25, -0.2) is 9.37 Å². The number of aromatic nitrogens is 1. The molecule has 4 rings (SSSR count). The first-order valence-corrected chi connectivity index (χ1v) is 8.54. The molecule has 0 saturated heterocycles. The number of benzene rings is 2. The molecular weight excluding hydrogens is 327 g/mol. The van der Waals surface area contributed by atoms with Gasteiger partial charge in [0.1, 0.15) is 5.82 Å². The van der Waals surface area contributed by atoms with Gasteiger partial charge in [0, 0.05) is 13.1 Å². The minimum atomic E-state index is -0.224. The topological polar surface area (TPSA) is 34.6 Å². The highest BCUT2D eigenvalue weighted by molar-refractivity contribution is 7.22. The Labute approximate surface area is 143 Å². The number of methoxy groups -OCH3 is 2. The van der Waals surface area contributed by atoms with Gasteiger partial charge in [-0.15, -0.1) is 0 Å². The standard InChI is InChI=1S/C18H17FN2O2S/c1-22-15-7-11-5-6-21(10-12(11)8-16(15)23-2)18-20-14-4-3-13(19)9-17(14)24-18/h3-4,7-9H,5-6,10H2,1-2H3. The van der Waals surface area contributed by atoms with Crippen molar-refractivity contribution in [2.75, 3.05) is 25.7 Å². The van der Waals surface area contributed by atoms with E-state index in [0.29, 0.717) is 0 Å². The number of thiazole rings is 1. The van der Waals surface area contributed by atoms with Crippen molar-refractivity contribution < 1.29 is 13.9 Å². The van der Waals surface area contributed by atoms with Gasteiger partial charge in [0.15, 0.2) is 16.6 Å². The van der Waals surface area contributed by atoms with E-state index in [1.807, 2.05) is 6.07 Å². The zero-order valence-corrected chi connectivity index (χ0v) is 14.3. The second-order valence-corrected chi connectivity index (χ2v) is 6.77. The predicted octanol–water partition coefficient (Wildman–Crippen LogP) is 4.02. The molecule has 2 aromatic carbocycles. The fourth-order valence-electron chi connectivity index (χ4n) is 3.07. The molecule has 0 fully saturated rings. The molecule has 2 heterocycles. The first-order chi connectivity index (χ1) is 11.7. The molecule has 1 aliphatic rings. The fraction of sp³-hybridized carbons (Fsp3) is 0.278. The Morgan fingerprint density at radius 2 is 1.83 bits per heavy atom. The van der Waals surface area contributed by atoms with Gasteiger partial charge in [0.2, 0.25) is 0 Å². The van der Waals surface area contributed by atoms with Crippen molar-refractivity contribution in [3.8, 4) is 11.5 Å². The van der Waals surface area contributed by atoms with Crippen molar-refractivity contribution in [1.29, 1.82) is 0 Å². The number of fused-ring (bicyclic) bond motifs is 2. The van der Waals surface area contributed by atoms with Crippen LogP contribution in [0.2, 0.25) is 0 Å². The summed E-state index contributed by atoms with van der Waals surface area (Å²) in [6.45, 7) is 1.64. The third kappa shape index (κ3) is 2.57. The van der Waals surface area contributed by atoms with Gasteiger partial charge in [-0.1, -0.05) is 11.3 Å². The summed E-state index contributed by atoms with van der Waals surface area (Å²) in [6, 6.07) is 8.82. The van der Waals surface area contributed by atoms with Gasteiger partial charge in [-0.2, -0.15) is 0 Å². The maximum Gasteiger partial charge on any atom is 0.186 e. The van der Waals surface area contributed by atoms with E-state index in [0.717, 1.165) is 46.4 Å². The van der Waals surface area contributed by atoms with Crippen molar-refractivity contribution in [2.45, 2.75) is 13.0 Å². The SMILES string of the molecule is COc1cc2c(cc1OC)CN(c1nc3ccc(F)cc3s1)CC2. The van der Waals surface area contributed by atoms with Crippen LogP contribution in [0.15, 0.2) is 30.3 Å². The van der Waals surface area contributed by atoms with E-state index in [4.69, 9.17) is 9.47 Å². The molecule has 4 nitrogen and oxygen atoms in total. The molecule has 0 bridgehead atoms. The van der Waals surface area contributed by atoms with Crippen molar-refractivity contribution in [2.24, 2.45) is 0 Å². The minimum absolute atomic E-state index is 0.224. The quantitative estimate of drug-likeness (QED) is 0.719. The highest BCUT2D eigenvalue weighted by atomic mass is 32.1. The second-order valence-electron chi connectivity index (χ2n) is 5.76. The number of nitrogens with zero attached hydrogens (tertiary/aromatic N) is 2. The average molecular weight is 344 g/mol. The largest absolute Gasteiger partial charge is 0.493 e. The predicted molar refractivity (Wildman–Crippen MR) is 93.9 cm³/mol. The monoisotopic (exact) mass is 344 g/mol. The van der Waals surface area contributed by atoms with E-state index in [9.17, 15) is 4.39 Å². The zero-order valence-electron chi connectivity index (χ0n) is 13.5. The minimum Gasteiger partial charge on any atom is -0.493 e. The molecule has 0 radical (unpaired) electrons. The maximum absolute atomic E-state index is 13.4. The molecular formula is C18H17FN2O2S. The Bertz CT molecular complexity index is 909. The normalized spacial score (nSPS) is 13.9. The third-order valence-corrected chi connectivity index (χ3v) is 5.41. The summed E-state index contributed by atoms with van der Waals surface area (Å²) in [5.41, 5.74) is 3.33. The molecule has 1 aliphatic heterocycles. The average Bonchev–Trinajstić information content (AvgIpc) is 3.03. The molecule has 24 heavy (non-hydrogen) atoms. The van der Waals surface area contributed by atoms with Crippen molar-refractivity contribution in [1.82, 2.24) is 4.98 Å². The van der Waals surface area contributed by atoms with E-state index >= 15 is 0 Å². The third-order valence-electron chi connectivity index (χ3n) is 4.33. The van der Waals surface area contributed by atoms with Crippen LogP contribution >= 0.6 is 11.3 Å². The second kappa shape index (κ2) is 5.94. The van der Waals surface area contributed by atoms with Crippen LogP contribution in [-0.2, 0) is 13.0 Å². The van der Waals surface area contributed by atoms with Gasteiger partial charge in [0.05, 0.1) is 24.4 Å². The van der Waals surface area contributed by atoms with E-state index in [1.54, 1.807) is 26.4 Å². The lowest BCUT2D eigenvalue weighted by molar-refractivity contribution is 0.353. The Morgan fingerprint density at radius 1 is 1.08 bits per heavy atom. The molecule has 0 amide bonds. The number of hydrogen-bond acceptors (Lipinski definition) is 5. The lowest BCUT2D eigenvalue weighted by atomic mass is 9.99. The van der Waals surface area contributed by atoms with Gasteiger partial charge < -0.3 is 14.4 Å². The Kier molecular flexibility index (Phi) is 3.76. The molecule has 0 aliphatic carbocycles. The summed E-state index contributed by atoms with van der Waals surface area (Å²) in [5, 5.41) is 0.927. The molecule has 0 unspecified atom stereocenters. The van der Waals surface area contributed by atoms with Gasteiger partial charge >= 0.3 is 0 Å². The molecule has 0 atom stereocenters. The molecule has 6 heteroatoms. The molecule has 124 valence electrons. The van der Waals surface area contributed by atoms with Crippen LogP contribution in [0.5, 0.6) is 11.5 Å². The number of anilines is 1. The van der Waals surface area contributed by atoms with Gasteiger partial charge in [0.25, 0.3) is 0 Å². The number of ether oxygens (including phenoxy) is 2. The lowest BCUT2D eigenvalue weighted by Gasteiger charge is -2.29. The first-order valence-electron chi connectivity index (χ1n) is 7.73. The summed E-state index contributed by atoms with van der Waals surface area (Å²) in [4.78, 5) is 6.88. The van der Waals surface area contributed by atoms with Crippen molar-refractivity contribution >= 4 is 26.7 Å². The molecule has 1 aromatic heterocycles. The van der Waals surface area contributed by atoms with E-state index < -0.39 is 0 Å². The summed E-state index contributed by atoms with van der Waals surface area (Å²) in [5.74, 6) is 1.28. The van der Waals surface area contributed by atoms with E-state index in [2.05, 4.69) is 16.0 Å². The van der Waals surface area contributed by atoms with Crippen LogP contribution in [0.25, 0.3) is 10.2 Å². The van der Waals surface area contributed by atoms with Crippen LogP contribution in [0.3, 0.4) is 0 Å². The molecule has 3 aromatic rings. The fourth-order valence-corrected chi connectivity index (χ4v) is 4.08. The molecule has 0 saturated carbocycles. The highest BCUT2D eigenvalue weighted by Crippen LogP contribution is 2.36. The van der Waals surface area contributed by atoms with Crippen molar-refractivity contribution in [3.05, 3.63) is 47.3 Å². The summed E-state index contributed by atoms with van der Waals surface area (Å²) in [6.07, 6.45) is 0.917. The Hall–Kier alpha value is -2.34. The molecule has 0 N–H and O–H groups in total. The maximum atomic E-state index is 13.4. The smallest absolute Gasteiger partial charge is 0.186 e. The van der Waals surface area contributed by atoms with Gasteiger partial charge in [-0.3, -0.25) is 0 Å². The Morgan fingerprint density at radius 3 is 2.58 bits per heavy atom. The van der Waals surface area contributed by atoms with Gasteiger partial charge in [-0.05, 0) is 47.9 Å². The Balaban J connectivity index is 1.67. The van der Waals surface area contributed by atoms with Crippen LogP contribution in [0.4, 0.5) is 9.52 Å². The number of halogens is 1. The van der Waals surface area contributed by atoms with E-state index in [1.165, 1.54) is 28.5 Å². The number of rotatable bonds is 3. The lowest BCUT2D eigenvalue weighted by Crippen LogP contribution is -2.30. The first kappa shape index (κ1) is 15.2. The van der Waals surface area contributed by atoms with Crippen LogP contribution in [0.1, 0.15) is 11.1 Å². The van der Waals surface area contributed by atoms with Crippen LogP contribution in [0, 0.1) is 5.82 Å². The summed E-state index contributed by atoms with van der Waals surface area (Å²) in [7, 11) is 3.30. The highest BCUT2D eigenvalue weighted by Gasteiger charge is 2.21.